The Labute approximate surface area is 106 Å². The fourth-order valence-corrected chi connectivity index (χ4v) is 3.19. The van der Waals surface area contributed by atoms with Crippen LogP contribution in [0.5, 0.6) is 0 Å². The van der Waals surface area contributed by atoms with Gasteiger partial charge in [0.25, 0.3) is 5.56 Å². The minimum Gasteiger partial charge on any atom is -0.375 e. The first-order chi connectivity index (χ1) is 7.89. The van der Waals surface area contributed by atoms with E-state index in [1.54, 1.807) is 6.08 Å². The molecule has 1 aromatic heterocycles. The highest BCUT2D eigenvalue weighted by molar-refractivity contribution is 9.10. The van der Waals surface area contributed by atoms with Gasteiger partial charge >= 0.3 is 0 Å². The predicted octanol–water partition coefficient (Wildman–Crippen LogP) is 0.265. The average Bonchev–Trinajstić information content (AvgIpc) is 2.59. The summed E-state index contributed by atoms with van der Waals surface area (Å²) in [5.74, 6) is -0.00531. The van der Waals surface area contributed by atoms with E-state index in [0.29, 0.717) is 10.2 Å². The molecule has 1 aliphatic heterocycles. The molecule has 0 spiro atoms. The summed E-state index contributed by atoms with van der Waals surface area (Å²) in [7, 11) is -1.57. The highest BCUT2D eigenvalue weighted by Crippen LogP contribution is 2.19. The van der Waals surface area contributed by atoms with Crippen LogP contribution in [0, 0.1) is 0 Å². The Kier molecular flexibility index (Phi) is 3.09. The molecule has 1 unspecified atom stereocenters. The van der Waals surface area contributed by atoms with Crippen molar-refractivity contribution in [3.05, 3.63) is 32.5 Å². The van der Waals surface area contributed by atoms with Crippen molar-refractivity contribution in [2.75, 3.05) is 11.1 Å². The third-order valence-corrected chi connectivity index (χ3v) is 4.51. The summed E-state index contributed by atoms with van der Waals surface area (Å²) in [5.41, 5.74) is 0.208. The lowest BCUT2D eigenvalue weighted by Gasteiger charge is -2.12. The molecule has 1 aliphatic rings. The zero-order valence-corrected chi connectivity index (χ0v) is 11.3. The molecule has 0 saturated carbocycles. The van der Waals surface area contributed by atoms with E-state index in [0.717, 1.165) is 0 Å². The van der Waals surface area contributed by atoms with Crippen molar-refractivity contribution in [2.45, 2.75) is 6.04 Å². The van der Waals surface area contributed by atoms with Gasteiger partial charge in [0.2, 0.25) is 0 Å². The smallest absolute Gasteiger partial charge is 0.282 e. The van der Waals surface area contributed by atoms with Gasteiger partial charge in [0.05, 0.1) is 23.7 Å². The Morgan fingerprint density at radius 3 is 2.88 bits per heavy atom. The van der Waals surface area contributed by atoms with Crippen molar-refractivity contribution >= 4 is 31.5 Å². The zero-order valence-electron chi connectivity index (χ0n) is 8.92. The van der Waals surface area contributed by atoms with Crippen LogP contribution in [-0.4, -0.2) is 30.0 Å². The second-order valence-electron chi connectivity index (χ2n) is 3.71. The number of anilines is 1. The van der Waals surface area contributed by atoms with E-state index in [9.17, 15) is 13.2 Å². The minimum atomic E-state index is -3.11. The number of hydrogen-bond acceptors (Lipinski definition) is 5. The van der Waals surface area contributed by atoms with Crippen molar-refractivity contribution in [3.8, 4) is 0 Å². The lowest BCUT2D eigenvalue weighted by Crippen LogP contribution is -2.25. The molecule has 0 aromatic carbocycles. The van der Waals surface area contributed by atoms with E-state index in [-0.39, 0.29) is 17.4 Å². The number of nitrogens with one attached hydrogen (secondary N) is 1. The Balaban J connectivity index is 2.25. The number of halogens is 1. The molecule has 0 saturated heterocycles. The molecule has 0 bridgehead atoms. The Bertz CT molecular complexity index is 635. The highest BCUT2D eigenvalue weighted by Gasteiger charge is 2.22. The second-order valence-corrected chi connectivity index (χ2v) is 6.43. The third-order valence-electron chi connectivity index (χ3n) is 2.35. The van der Waals surface area contributed by atoms with Gasteiger partial charge in [-0.15, -0.1) is 0 Å². The normalized spacial score (nSPS) is 21.6. The van der Waals surface area contributed by atoms with Crippen LogP contribution >= 0.6 is 15.9 Å². The third kappa shape index (κ3) is 2.58. The van der Waals surface area contributed by atoms with Crippen LogP contribution in [-0.2, 0) is 16.9 Å². The minimum absolute atomic E-state index is 0.00531. The molecule has 8 heteroatoms. The monoisotopic (exact) mass is 319 g/mol. The van der Waals surface area contributed by atoms with Crippen LogP contribution in [0.25, 0.3) is 0 Å². The molecule has 2 rings (SSSR count). The molecule has 1 atom stereocenters. The molecular weight excluding hydrogens is 310 g/mol. The molecule has 0 aliphatic carbocycles. The van der Waals surface area contributed by atoms with Gasteiger partial charge in [0.15, 0.2) is 9.84 Å². The van der Waals surface area contributed by atoms with Crippen molar-refractivity contribution < 1.29 is 8.42 Å². The van der Waals surface area contributed by atoms with Gasteiger partial charge in [-0.05, 0) is 15.9 Å². The number of sulfone groups is 1. The summed E-state index contributed by atoms with van der Waals surface area (Å²) in [6.07, 6.45) is 3.03. The van der Waals surface area contributed by atoms with Gasteiger partial charge in [-0.3, -0.25) is 4.79 Å². The van der Waals surface area contributed by atoms with Gasteiger partial charge in [-0.2, -0.15) is 5.10 Å². The van der Waals surface area contributed by atoms with Gasteiger partial charge in [-0.25, -0.2) is 13.1 Å². The van der Waals surface area contributed by atoms with E-state index >= 15 is 0 Å². The number of aryl methyl sites for hydroxylation is 1. The number of nitrogens with zero attached hydrogens (tertiary/aromatic N) is 2. The maximum Gasteiger partial charge on any atom is 0.282 e. The van der Waals surface area contributed by atoms with Crippen molar-refractivity contribution in [1.82, 2.24) is 9.78 Å². The first-order valence-corrected chi connectivity index (χ1v) is 7.29. The first kappa shape index (κ1) is 12.3. The fourth-order valence-electron chi connectivity index (χ4n) is 1.48. The van der Waals surface area contributed by atoms with Crippen LogP contribution in [0.4, 0.5) is 5.69 Å². The maximum absolute atomic E-state index is 11.6. The standard InChI is InChI=1S/C9H10BrN3O3S/c1-13-9(14)8(10)7(4-11-13)12-6-2-3-17(15,16)5-6/h2-4,6,12H,5H2,1H3. The SMILES string of the molecule is Cn1ncc(NC2C=CS(=O)(=O)C2)c(Br)c1=O. The molecule has 0 radical (unpaired) electrons. The largest absolute Gasteiger partial charge is 0.375 e. The van der Waals surface area contributed by atoms with E-state index < -0.39 is 9.84 Å². The van der Waals surface area contributed by atoms with Gasteiger partial charge in [0, 0.05) is 12.5 Å². The lowest BCUT2D eigenvalue weighted by atomic mass is 10.3. The van der Waals surface area contributed by atoms with Gasteiger partial charge < -0.3 is 5.32 Å². The molecule has 0 amide bonds. The van der Waals surface area contributed by atoms with Gasteiger partial charge in [-0.1, -0.05) is 6.08 Å². The summed E-state index contributed by atoms with van der Waals surface area (Å²) in [4.78, 5) is 11.6. The van der Waals surface area contributed by atoms with Crippen LogP contribution in [0.15, 0.2) is 26.9 Å². The maximum atomic E-state index is 11.6. The molecule has 0 fully saturated rings. The average molecular weight is 320 g/mol. The molecule has 92 valence electrons. The van der Waals surface area contributed by atoms with Crippen LogP contribution in [0.1, 0.15) is 0 Å². The predicted molar refractivity (Wildman–Crippen MR) is 67.5 cm³/mol. The molecule has 6 nitrogen and oxygen atoms in total. The summed E-state index contributed by atoms with van der Waals surface area (Å²) in [5, 5.41) is 7.97. The number of aromatic nitrogens is 2. The van der Waals surface area contributed by atoms with E-state index in [1.165, 1.54) is 23.3 Å². The Morgan fingerprint density at radius 1 is 1.59 bits per heavy atom. The highest BCUT2D eigenvalue weighted by atomic mass is 79.9. The van der Waals surface area contributed by atoms with Crippen molar-refractivity contribution in [1.29, 1.82) is 0 Å². The van der Waals surface area contributed by atoms with Gasteiger partial charge in [0.1, 0.15) is 4.47 Å². The van der Waals surface area contributed by atoms with Crippen molar-refractivity contribution in [2.24, 2.45) is 7.05 Å². The van der Waals surface area contributed by atoms with Crippen LogP contribution in [0.2, 0.25) is 0 Å². The molecular formula is C9H10BrN3O3S. The van der Waals surface area contributed by atoms with Crippen LogP contribution in [0.3, 0.4) is 0 Å². The molecule has 1 aromatic rings. The summed E-state index contributed by atoms with van der Waals surface area (Å²) >= 11 is 3.16. The summed E-state index contributed by atoms with van der Waals surface area (Å²) in [6, 6.07) is -0.329. The molecule has 1 N–H and O–H groups in total. The number of hydrogen-bond donors (Lipinski definition) is 1. The van der Waals surface area contributed by atoms with Crippen molar-refractivity contribution in [3.63, 3.8) is 0 Å². The summed E-state index contributed by atoms with van der Waals surface area (Å²) < 4.78 is 24.0. The second kappa shape index (κ2) is 4.26. The molecule has 17 heavy (non-hydrogen) atoms. The molecule has 2 heterocycles. The Hall–Kier alpha value is -1.15. The fraction of sp³-hybridized carbons (Fsp3) is 0.333. The topological polar surface area (TPSA) is 81.1 Å². The first-order valence-electron chi connectivity index (χ1n) is 4.78. The zero-order chi connectivity index (χ0) is 12.6. The van der Waals surface area contributed by atoms with E-state index in [1.807, 2.05) is 0 Å². The summed E-state index contributed by atoms with van der Waals surface area (Å²) in [6.45, 7) is 0. The number of rotatable bonds is 2. The van der Waals surface area contributed by atoms with E-state index in [2.05, 4.69) is 26.3 Å². The van der Waals surface area contributed by atoms with E-state index in [4.69, 9.17) is 0 Å². The Morgan fingerprint density at radius 2 is 2.29 bits per heavy atom. The lowest BCUT2D eigenvalue weighted by molar-refractivity contribution is 0.605. The van der Waals surface area contributed by atoms with Crippen LogP contribution < -0.4 is 10.9 Å². The quantitative estimate of drug-likeness (QED) is 0.846.